The van der Waals surface area contributed by atoms with Crippen LogP contribution in [0.25, 0.3) is 11.3 Å². The Labute approximate surface area is 141 Å². The molecule has 0 amide bonds. The molecule has 4 N–H and O–H groups in total. The number of halogens is 3. The molecule has 0 atom stereocenters. The van der Waals surface area contributed by atoms with Crippen LogP contribution in [0, 0.1) is 12.3 Å². The van der Waals surface area contributed by atoms with Gasteiger partial charge in [-0.05, 0) is 19.4 Å². The second-order valence-electron chi connectivity index (χ2n) is 5.37. The number of Topliss-reactive ketones (excluding diaryl/α,β-unsaturated/α-hetero) is 1. The van der Waals surface area contributed by atoms with Gasteiger partial charge in [-0.25, -0.2) is 0 Å². The van der Waals surface area contributed by atoms with Crippen molar-refractivity contribution in [2.45, 2.75) is 25.9 Å². The smallest absolute Gasteiger partial charge is 0.370 e. The number of carbonyl (C=O) groups excluding carboxylic acids is 1. The molecule has 2 rings (SSSR count). The first kappa shape index (κ1) is 18.5. The van der Waals surface area contributed by atoms with Crippen LogP contribution in [0.5, 0.6) is 0 Å². The van der Waals surface area contributed by atoms with Gasteiger partial charge in [0.1, 0.15) is 11.5 Å². The zero-order valence-electron chi connectivity index (χ0n) is 13.4. The van der Waals surface area contributed by atoms with Gasteiger partial charge in [0, 0.05) is 18.5 Å². The number of nitrogens with two attached hydrogens (primary N) is 1. The first-order chi connectivity index (χ1) is 11.7. The number of nitrogens with zero attached hydrogens (tertiary/aromatic N) is 1. The topological polar surface area (TPSA) is 105 Å². The van der Waals surface area contributed by atoms with Gasteiger partial charge in [0.15, 0.2) is 11.7 Å². The fourth-order valence-corrected chi connectivity index (χ4v) is 2.42. The Morgan fingerprint density at radius 2 is 2.04 bits per heavy atom. The second-order valence-corrected chi connectivity index (χ2v) is 5.37. The number of aromatic nitrogens is 1. The summed E-state index contributed by atoms with van der Waals surface area (Å²) < 4.78 is 44.6. The van der Waals surface area contributed by atoms with E-state index in [0.717, 1.165) is 6.07 Å². The number of benzene rings is 1. The predicted molar refractivity (Wildman–Crippen MR) is 85.2 cm³/mol. The molecule has 1 aromatic heterocycles. The van der Waals surface area contributed by atoms with E-state index in [-0.39, 0.29) is 40.7 Å². The maximum Gasteiger partial charge on any atom is 0.417 e. The Hall–Kier alpha value is -2.84. The van der Waals surface area contributed by atoms with Crippen molar-refractivity contribution >= 4 is 11.7 Å². The quantitative estimate of drug-likeness (QED) is 0.320. The molecule has 0 aliphatic rings. The van der Waals surface area contributed by atoms with Crippen molar-refractivity contribution in [2.75, 3.05) is 6.54 Å². The fourth-order valence-electron chi connectivity index (χ4n) is 2.42. The van der Waals surface area contributed by atoms with Gasteiger partial charge in [-0.2, -0.15) is 13.2 Å². The van der Waals surface area contributed by atoms with Gasteiger partial charge in [-0.15, -0.1) is 0 Å². The van der Waals surface area contributed by atoms with Crippen molar-refractivity contribution in [3.05, 3.63) is 41.2 Å². The van der Waals surface area contributed by atoms with E-state index in [4.69, 9.17) is 15.7 Å². The van der Waals surface area contributed by atoms with E-state index in [1.165, 1.54) is 25.1 Å². The minimum absolute atomic E-state index is 0.0412. The van der Waals surface area contributed by atoms with Crippen molar-refractivity contribution in [1.29, 1.82) is 5.41 Å². The van der Waals surface area contributed by atoms with Crippen molar-refractivity contribution in [1.82, 2.24) is 10.5 Å². The summed E-state index contributed by atoms with van der Waals surface area (Å²) in [6.45, 7) is 1.79. The molecular formula is C16H17F3N4O2. The highest BCUT2D eigenvalue weighted by atomic mass is 19.4. The average molecular weight is 354 g/mol. The third-order valence-electron chi connectivity index (χ3n) is 3.53. The molecule has 0 aliphatic heterocycles. The summed E-state index contributed by atoms with van der Waals surface area (Å²) in [5, 5.41) is 13.3. The minimum Gasteiger partial charge on any atom is -0.370 e. The number of carbonyl (C=O) groups is 1. The lowest BCUT2D eigenvalue weighted by molar-refractivity contribution is -0.137. The molecule has 0 saturated heterocycles. The van der Waals surface area contributed by atoms with Crippen LogP contribution < -0.4 is 11.1 Å². The van der Waals surface area contributed by atoms with Gasteiger partial charge >= 0.3 is 6.18 Å². The standard InChI is InChI=1S/C16H17F3N4O2/c1-9-13(12(24)7-4-8-22-15(20)21)14(23-25-9)10-5-2-3-6-11(10)16(17,18)19/h2-3,5-6H,4,7-8H2,1H3,(H4,20,21,22). The van der Waals surface area contributed by atoms with Crippen LogP contribution in [0.3, 0.4) is 0 Å². The van der Waals surface area contributed by atoms with Crippen molar-refractivity contribution in [3.63, 3.8) is 0 Å². The summed E-state index contributed by atoms with van der Waals surface area (Å²) in [7, 11) is 0. The first-order valence-electron chi connectivity index (χ1n) is 7.45. The number of aryl methyl sites for hydroxylation is 1. The molecule has 0 radical (unpaired) electrons. The summed E-state index contributed by atoms with van der Waals surface area (Å²) >= 11 is 0. The third-order valence-corrected chi connectivity index (χ3v) is 3.53. The molecule has 0 fully saturated rings. The summed E-state index contributed by atoms with van der Waals surface area (Å²) in [6.07, 6.45) is -4.15. The van der Waals surface area contributed by atoms with Crippen LogP contribution in [0.4, 0.5) is 13.2 Å². The molecule has 1 heterocycles. The number of hydrogen-bond acceptors (Lipinski definition) is 4. The highest BCUT2D eigenvalue weighted by Gasteiger charge is 2.35. The Balaban J connectivity index is 2.31. The Morgan fingerprint density at radius 1 is 1.36 bits per heavy atom. The van der Waals surface area contributed by atoms with Gasteiger partial charge < -0.3 is 15.6 Å². The zero-order valence-corrected chi connectivity index (χ0v) is 13.4. The lowest BCUT2D eigenvalue weighted by Gasteiger charge is -2.11. The van der Waals surface area contributed by atoms with Crippen LogP contribution in [-0.4, -0.2) is 23.4 Å². The van der Waals surface area contributed by atoms with Gasteiger partial charge in [0.05, 0.1) is 11.1 Å². The molecule has 2 aromatic rings. The summed E-state index contributed by atoms with van der Waals surface area (Å²) in [5.74, 6) is -0.430. The summed E-state index contributed by atoms with van der Waals surface area (Å²) in [4.78, 5) is 12.4. The molecule has 6 nitrogen and oxygen atoms in total. The van der Waals surface area contributed by atoms with Crippen molar-refractivity contribution in [3.8, 4) is 11.3 Å². The summed E-state index contributed by atoms with van der Waals surface area (Å²) in [6, 6.07) is 4.91. The number of hydrogen-bond donors (Lipinski definition) is 3. The first-order valence-corrected chi connectivity index (χ1v) is 7.45. The number of ketones is 1. The van der Waals surface area contributed by atoms with E-state index in [1.807, 2.05) is 0 Å². The largest absolute Gasteiger partial charge is 0.417 e. The maximum atomic E-state index is 13.2. The predicted octanol–water partition coefficient (Wildman–Crippen LogP) is 3.11. The van der Waals surface area contributed by atoms with E-state index >= 15 is 0 Å². The van der Waals surface area contributed by atoms with Crippen molar-refractivity contribution < 1.29 is 22.5 Å². The van der Waals surface area contributed by atoms with Crippen LogP contribution >= 0.6 is 0 Å². The Bertz CT molecular complexity index is 784. The molecule has 0 aliphatic carbocycles. The lowest BCUT2D eigenvalue weighted by atomic mass is 9.96. The average Bonchev–Trinajstić information content (AvgIpc) is 2.92. The monoisotopic (exact) mass is 354 g/mol. The van der Waals surface area contributed by atoms with Crippen LogP contribution in [-0.2, 0) is 6.18 Å². The molecule has 9 heteroatoms. The molecule has 0 unspecified atom stereocenters. The van der Waals surface area contributed by atoms with Crippen LogP contribution in [0.1, 0.15) is 34.5 Å². The molecule has 0 saturated carbocycles. The normalized spacial score (nSPS) is 11.4. The van der Waals surface area contributed by atoms with Gasteiger partial charge in [-0.1, -0.05) is 23.4 Å². The van der Waals surface area contributed by atoms with E-state index in [2.05, 4.69) is 10.5 Å². The van der Waals surface area contributed by atoms with Crippen molar-refractivity contribution in [2.24, 2.45) is 5.73 Å². The molecule has 25 heavy (non-hydrogen) atoms. The highest BCUT2D eigenvalue weighted by Crippen LogP contribution is 2.38. The maximum absolute atomic E-state index is 13.2. The third kappa shape index (κ3) is 4.37. The molecule has 134 valence electrons. The highest BCUT2D eigenvalue weighted by molar-refractivity contribution is 6.02. The van der Waals surface area contributed by atoms with E-state index < -0.39 is 11.7 Å². The number of guanidine groups is 1. The Kier molecular flexibility index (Phi) is 5.45. The van der Waals surface area contributed by atoms with Gasteiger partial charge in [0.25, 0.3) is 0 Å². The SMILES string of the molecule is Cc1onc(-c2ccccc2C(F)(F)F)c1C(=O)CCCNC(=N)N. The van der Waals surface area contributed by atoms with E-state index in [1.54, 1.807) is 0 Å². The van der Waals surface area contributed by atoms with Gasteiger partial charge in [-0.3, -0.25) is 10.2 Å². The molecule has 0 spiro atoms. The number of nitrogens with one attached hydrogen (secondary N) is 2. The second kappa shape index (κ2) is 7.37. The number of rotatable bonds is 6. The minimum atomic E-state index is -4.57. The zero-order chi connectivity index (χ0) is 18.6. The fraction of sp³-hybridized carbons (Fsp3) is 0.312. The van der Waals surface area contributed by atoms with E-state index in [9.17, 15) is 18.0 Å². The van der Waals surface area contributed by atoms with Crippen LogP contribution in [0.15, 0.2) is 28.8 Å². The Morgan fingerprint density at radius 3 is 2.68 bits per heavy atom. The van der Waals surface area contributed by atoms with Crippen LogP contribution in [0.2, 0.25) is 0 Å². The molecule has 0 bridgehead atoms. The number of alkyl halides is 3. The van der Waals surface area contributed by atoms with Gasteiger partial charge in [0.2, 0.25) is 0 Å². The van der Waals surface area contributed by atoms with E-state index in [0.29, 0.717) is 13.0 Å². The summed E-state index contributed by atoms with van der Waals surface area (Å²) in [5.41, 5.74) is 3.99. The lowest BCUT2D eigenvalue weighted by Crippen LogP contribution is -2.31. The molecular weight excluding hydrogens is 337 g/mol. The molecule has 1 aromatic carbocycles.